The summed E-state index contributed by atoms with van der Waals surface area (Å²) in [5.74, 6) is -1.97. The summed E-state index contributed by atoms with van der Waals surface area (Å²) < 4.78 is 13.6. The van der Waals surface area contributed by atoms with Gasteiger partial charge in [-0.3, -0.25) is 0 Å². The molecule has 0 spiro atoms. The van der Waals surface area contributed by atoms with Gasteiger partial charge >= 0.3 is 12.0 Å². The normalized spacial score (nSPS) is 11.8. The average molecular weight is 335 g/mol. The van der Waals surface area contributed by atoms with Gasteiger partial charge in [-0.15, -0.1) is 0 Å². The van der Waals surface area contributed by atoms with Crippen molar-refractivity contribution < 1.29 is 24.2 Å². The molecule has 2 amide bonds. The van der Waals surface area contributed by atoms with E-state index in [1.807, 2.05) is 0 Å². The molecule has 0 saturated carbocycles. The molecule has 0 radical (unpaired) electrons. The molecule has 4 N–H and O–H groups in total. The average Bonchev–Trinajstić information content (AvgIpc) is 2.32. The fraction of sp³-hybridized carbons (Fsp3) is 0.273. The number of amides is 2. The van der Waals surface area contributed by atoms with Crippen molar-refractivity contribution in [2.75, 3.05) is 11.9 Å². The second kappa shape index (κ2) is 6.48. The minimum absolute atomic E-state index is 0.253. The number of anilines is 1. The van der Waals surface area contributed by atoms with Crippen LogP contribution in [0.1, 0.15) is 5.56 Å². The molecule has 19 heavy (non-hydrogen) atoms. The van der Waals surface area contributed by atoms with Crippen LogP contribution in [0.3, 0.4) is 0 Å². The number of carbonyl (C=O) groups excluding carboxylic acids is 1. The van der Waals surface area contributed by atoms with Crippen molar-refractivity contribution in [1.29, 1.82) is 0 Å². The Kier molecular flexibility index (Phi) is 5.25. The van der Waals surface area contributed by atoms with E-state index in [-0.39, 0.29) is 10.2 Å². The fourth-order valence-electron chi connectivity index (χ4n) is 1.22. The van der Waals surface area contributed by atoms with Crippen LogP contribution in [0.25, 0.3) is 0 Å². The molecule has 0 unspecified atom stereocenters. The fourth-order valence-corrected chi connectivity index (χ4v) is 1.68. The Morgan fingerprint density at radius 1 is 1.47 bits per heavy atom. The van der Waals surface area contributed by atoms with Crippen molar-refractivity contribution >= 4 is 33.6 Å². The second-order valence-electron chi connectivity index (χ2n) is 3.77. The number of aliphatic hydroxyl groups is 1. The molecule has 0 fully saturated rings. The lowest BCUT2D eigenvalue weighted by atomic mass is 10.2. The van der Waals surface area contributed by atoms with Crippen molar-refractivity contribution in [2.24, 2.45) is 0 Å². The van der Waals surface area contributed by atoms with Crippen molar-refractivity contribution in [3.63, 3.8) is 0 Å². The number of hydrogen-bond acceptors (Lipinski definition) is 3. The SMILES string of the molecule is Cc1cc(Br)c(F)cc1NC(=O)NC[C@H](O)C(=O)O. The van der Waals surface area contributed by atoms with Gasteiger partial charge in [-0.1, -0.05) is 0 Å². The first-order chi connectivity index (χ1) is 8.81. The first-order valence-corrected chi connectivity index (χ1v) is 6.02. The van der Waals surface area contributed by atoms with Crippen LogP contribution in [0.4, 0.5) is 14.9 Å². The summed E-state index contributed by atoms with van der Waals surface area (Å²) in [7, 11) is 0. The van der Waals surface area contributed by atoms with Crippen molar-refractivity contribution in [3.8, 4) is 0 Å². The number of rotatable bonds is 4. The Morgan fingerprint density at radius 3 is 2.68 bits per heavy atom. The molecule has 0 aromatic heterocycles. The van der Waals surface area contributed by atoms with Gasteiger partial charge in [-0.25, -0.2) is 14.0 Å². The lowest BCUT2D eigenvalue weighted by molar-refractivity contribution is -0.146. The van der Waals surface area contributed by atoms with E-state index in [4.69, 9.17) is 10.2 Å². The summed E-state index contributed by atoms with van der Waals surface area (Å²) in [6.07, 6.45) is -1.69. The first-order valence-electron chi connectivity index (χ1n) is 5.22. The third-order valence-corrected chi connectivity index (χ3v) is 2.86. The van der Waals surface area contributed by atoms with Crippen molar-refractivity contribution in [2.45, 2.75) is 13.0 Å². The zero-order valence-corrected chi connectivity index (χ0v) is 11.5. The number of carbonyl (C=O) groups is 2. The van der Waals surface area contributed by atoms with Crippen LogP contribution in [0, 0.1) is 12.7 Å². The number of urea groups is 1. The second-order valence-corrected chi connectivity index (χ2v) is 4.62. The number of halogens is 2. The van der Waals surface area contributed by atoms with E-state index < -0.39 is 30.5 Å². The largest absolute Gasteiger partial charge is 0.479 e. The van der Waals surface area contributed by atoms with E-state index in [0.29, 0.717) is 5.56 Å². The minimum atomic E-state index is -1.69. The molecular formula is C11H12BrFN2O4. The lowest BCUT2D eigenvalue weighted by Gasteiger charge is -2.11. The molecule has 1 atom stereocenters. The Bertz CT molecular complexity index is 510. The van der Waals surface area contributed by atoms with E-state index in [0.717, 1.165) is 6.07 Å². The molecule has 0 aliphatic rings. The van der Waals surface area contributed by atoms with Gasteiger partial charge in [0.05, 0.1) is 11.0 Å². The zero-order chi connectivity index (χ0) is 14.6. The van der Waals surface area contributed by atoms with Gasteiger partial charge in [-0.2, -0.15) is 0 Å². The third-order valence-electron chi connectivity index (χ3n) is 2.26. The lowest BCUT2D eigenvalue weighted by Crippen LogP contribution is -2.38. The number of carboxylic acid groups (broad SMARTS) is 1. The van der Waals surface area contributed by atoms with E-state index in [2.05, 4.69) is 26.6 Å². The molecule has 8 heteroatoms. The highest BCUT2D eigenvalue weighted by Gasteiger charge is 2.14. The number of aliphatic carboxylic acids is 1. The molecule has 6 nitrogen and oxygen atoms in total. The maximum atomic E-state index is 13.3. The van der Waals surface area contributed by atoms with E-state index >= 15 is 0 Å². The Balaban J connectivity index is 2.62. The van der Waals surface area contributed by atoms with Gasteiger partial charge < -0.3 is 20.8 Å². The molecule has 0 heterocycles. The van der Waals surface area contributed by atoms with Crippen LogP contribution in [0.5, 0.6) is 0 Å². The van der Waals surface area contributed by atoms with Gasteiger partial charge in [0.1, 0.15) is 5.82 Å². The molecule has 0 aliphatic carbocycles. The van der Waals surface area contributed by atoms with E-state index in [9.17, 15) is 14.0 Å². The van der Waals surface area contributed by atoms with Crippen LogP contribution in [-0.4, -0.2) is 34.9 Å². The molecule has 0 bridgehead atoms. The summed E-state index contributed by atoms with van der Waals surface area (Å²) in [6.45, 7) is 1.23. The van der Waals surface area contributed by atoms with E-state index in [1.54, 1.807) is 6.92 Å². The van der Waals surface area contributed by atoms with Crippen LogP contribution >= 0.6 is 15.9 Å². The number of benzene rings is 1. The number of hydrogen-bond donors (Lipinski definition) is 4. The molecule has 1 rings (SSSR count). The summed E-state index contributed by atoms with van der Waals surface area (Å²) in [5, 5.41) is 21.9. The van der Waals surface area contributed by atoms with Crippen LogP contribution in [0.15, 0.2) is 16.6 Å². The topological polar surface area (TPSA) is 98.7 Å². The zero-order valence-electron chi connectivity index (χ0n) is 9.91. The predicted molar refractivity (Wildman–Crippen MR) is 69.5 cm³/mol. The number of nitrogens with one attached hydrogen (secondary N) is 2. The quantitative estimate of drug-likeness (QED) is 0.670. The third kappa shape index (κ3) is 4.49. The monoisotopic (exact) mass is 334 g/mol. The number of aliphatic hydroxyl groups excluding tert-OH is 1. The maximum absolute atomic E-state index is 13.3. The highest BCUT2D eigenvalue weighted by atomic mass is 79.9. The Hall–Kier alpha value is -1.67. The number of carboxylic acids is 1. The van der Waals surface area contributed by atoms with Crippen LogP contribution in [0.2, 0.25) is 0 Å². The maximum Gasteiger partial charge on any atom is 0.334 e. The Labute approximate surface area is 116 Å². The van der Waals surface area contributed by atoms with Gasteiger partial charge in [0.25, 0.3) is 0 Å². The summed E-state index contributed by atoms with van der Waals surface area (Å²) in [5.41, 5.74) is 0.880. The van der Waals surface area contributed by atoms with Crippen LogP contribution < -0.4 is 10.6 Å². The highest BCUT2D eigenvalue weighted by Crippen LogP contribution is 2.23. The van der Waals surface area contributed by atoms with Crippen molar-refractivity contribution in [3.05, 3.63) is 28.0 Å². The first kappa shape index (κ1) is 15.4. The standard InChI is InChI=1S/C11H12BrFN2O4/c1-5-2-6(12)7(13)3-8(5)15-11(19)14-4-9(16)10(17)18/h2-3,9,16H,4H2,1H3,(H,17,18)(H2,14,15,19)/t9-/m0/s1. The number of aryl methyl sites for hydroxylation is 1. The molecule has 0 saturated heterocycles. The smallest absolute Gasteiger partial charge is 0.334 e. The van der Waals surface area contributed by atoms with Crippen molar-refractivity contribution in [1.82, 2.24) is 5.32 Å². The molecular weight excluding hydrogens is 323 g/mol. The predicted octanol–water partition coefficient (Wildman–Crippen LogP) is 1.46. The van der Waals surface area contributed by atoms with Gasteiger partial charge in [0, 0.05) is 5.69 Å². The minimum Gasteiger partial charge on any atom is -0.479 e. The van der Waals surface area contributed by atoms with Gasteiger partial charge in [-0.05, 0) is 40.5 Å². The Morgan fingerprint density at radius 2 is 2.11 bits per heavy atom. The summed E-state index contributed by atoms with van der Waals surface area (Å²) in [4.78, 5) is 21.8. The summed E-state index contributed by atoms with van der Waals surface area (Å²) in [6, 6.07) is 1.90. The van der Waals surface area contributed by atoms with Crippen LogP contribution in [-0.2, 0) is 4.79 Å². The highest BCUT2D eigenvalue weighted by molar-refractivity contribution is 9.10. The molecule has 1 aromatic carbocycles. The molecule has 1 aromatic rings. The molecule has 104 valence electrons. The molecule has 0 aliphatic heterocycles. The van der Waals surface area contributed by atoms with E-state index in [1.165, 1.54) is 6.07 Å². The summed E-state index contributed by atoms with van der Waals surface area (Å²) >= 11 is 3.01. The van der Waals surface area contributed by atoms with Gasteiger partial charge in [0.15, 0.2) is 6.10 Å². The van der Waals surface area contributed by atoms with Gasteiger partial charge in [0.2, 0.25) is 0 Å².